The summed E-state index contributed by atoms with van der Waals surface area (Å²) in [4.78, 5) is 0. The summed E-state index contributed by atoms with van der Waals surface area (Å²) >= 11 is 5.63. The van der Waals surface area contributed by atoms with Crippen molar-refractivity contribution in [1.29, 1.82) is 0 Å². The van der Waals surface area contributed by atoms with Crippen LogP contribution in [0.15, 0.2) is 55.8 Å². The number of rotatable bonds is 8. The fraction of sp³-hybridized carbons (Fsp3) is 0.353. The topological polar surface area (TPSA) is 82.5 Å². The molecule has 0 bridgehead atoms. The van der Waals surface area contributed by atoms with E-state index in [0.29, 0.717) is 42.9 Å². The van der Waals surface area contributed by atoms with Gasteiger partial charge in [-0.2, -0.15) is 10.2 Å². The van der Waals surface area contributed by atoms with Crippen molar-refractivity contribution in [3.63, 3.8) is 0 Å². The van der Waals surface area contributed by atoms with E-state index >= 15 is 0 Å². The van der Waals surface area contributed by atoms with E-state index in [1.54, 1.807) is 47.1 Å². The lowest BCUT2D eigenvalue weighted by atomic mass is 10.4. The van der Waals surface area contributed by atoms with Crippen molar-refractivity contribution >= 4 is 29.8 Å². The third-order valence-corrected chi connectivity index (χ3v) is 4.16. The Hall–Kier alpha value is -2.49. The number of ether oxygens (including phenoxy) is 2. The van der Waals surface area contributed by atoms with Crippen LogP contribution in [-0.2, 0) is 9.47 Å². The molecule has 2 saturated heterocycles. The van der Waals surface area contributed by atoms with E-state index < -0.39 is 0 Å². The van der Waals surface area contributed by atoms with Crippen LogP contribution in [0, 0.1) is 0 Å². The van der Waals surface area contributed by atoms with Gasteiger partial charge in [-0.3, -0.25) is 0 Å². The predicted molar refractivity (Wildman–Crippen MR) is 98.1 cm³/mol. The van der Waals surface area contributed by atoms with Crippen molar-refractivity contribution < 1.29 is 18.3 Å². The van der Waals surface area contributed by atoms with Crippen LogP contribution in [0.2, 0.25) is 0 Å². The molecule has 2 fully saturated rings. The summed E-state index contributed by atoms with van der Waals surface area (Å²) in [6.45, 7) is 2.51. The van der Waals surface area contributed by atoms with Crippen LogP contribution < -0.4 is 0 Å². The third kappa shape index (κ3) is 4.78. The van der Waals surface area contributed by atoms with Crippen LogP contribution in [0.3, 0.4) is 0 Å². The molecule has 0 radical (unpaired) electrons. The maximum atomic E-state index is 5.63. The molecule has 2 aromatic heterocycles. The van der Waals surface area contributed by atoms with E-state index in [0.717, 1.165) is 0 Å². The molecule has 0 aromatic carbocycles. The molecule has 2 atom stereocenters. The molecule has 0 amide bonds. The van der Waals surface area contributed by atoms with Gasteiger partial charge in [-0.05, 0) is 36.5 Å². The number of hydrazone groups is 2. The van der Waals surface area contributed by atoms with Gasteiger partial charge in [-0.15, -0.1) is 0 Å². The van der Waals surface area contributed by atoms with E-state index in [-0.39, 0.29) is 12.2 Å². The minimum absolute atomic E-state index is 0.120. The standard InChI is InChI=1S/C17H18N4O4S/c26-17(20(9-15-11-24-15)18-7-13-3-1-5-22-13)21(10-16-12-25-16)19-8-14-4-2-6-23-14/h1-8,15-16H,9-12H2/b18-7+,19-8+. The summed E-state index contributed by atoms with van der Waals surface area (Å²) in [6.07, 6.45) is 6.68. The average Bonchev–Trinajstić information content (AvgIpc) is 3.53. The zero-order chi connectivity index (χ0) is 17.8. The molecule has 9 heteroatoms. The van der Waals surface area contributed by atoms with E-state index in [4.69, 9.17) is 30.5 Å². The van der Waals surface area contributed by atoms with Crippen LogP contribution in [0.4, 0.5) is 0 Å². The van der Waals surface area contributed by atoms with Crippen molar-refractivity contribution in [3.8, 4) is 0 Å². The number of hydrogen-bond acceptors (Lipinski definition) is 7. The van der Waals surface area contributed by atoms with E-state index in [1.165, 1.54) is 0 Å². The first-order valence-electron chi connectivity index (χ1n) is 8.25. The molecular weight excluding hydrogens is 356 g/mol. The van der Waals surface area contributed by atoms with Gasteiger partial charge in [0, 0.05) is 0 Å². The highest BCUT2D eigenvalue weighted by Gasteiger charge is 2.31. The van der Waals surface area contributed by atoms with Gasteiger partial charge in [0.1, 0.15) is 23.7 Å². The molecule has 0 spiro atoms. The Bertz CT molecular complexity index is 703. The largest absolute Gasteiger partial charge is 0.463 e. The highest BCUT2D eigenvalue weighted by Crippen LogP contribution is 2.17. The van der Waals surface area contributed by atoms with Crippen LogP contribution in [0.1, 0.15) is 11.5 Å². The van der Waals surface area contributed by atoms with Crippen LogP contribution >= 0.6 is 12.2 Å². The molecule has 0 aliphatic carbocycles. The van der Waals surface area contributed by atoms with Crippen molar-refractivity contribution in [2.75, 3.05) is 26.3 Å². The maximum absolute atomic E-state index is 5.63. The average molecular weight is 374 g/mol. The van der Waals surface area contributed by atoms with Crippen molar-refractivity contribution in [1.82, 2.24) is 10.0 Å². The van der Waals surface area contributed by atoms with Gasteiger partial charge in [0.05, 0.1) is 51.3 Å². The maximum Gasteiger partial charge on any atom is 0.213 e. The lowest BCUT2D eigenvalue weighted by molar-refractivity contribution is 0.287. The second-order valence-electron chi connectivity index (χ2n) is 5.88. The predicted octanol–water partition coefficient (Wildman–Crippen LogP) is 1.93. The molecular formula is C17H18N4O4S. The second kappa shape index (κ2) is 7.81. The molecule has 2 aliphatic heterocycles. The first-order valence-corrected chi connectivity index (χ1v) is 8.66. The Morgan fingerprint density at radius 2 is 1.42 bits per heavy atom. The van der Waals surface area contributed by atoms with Gasteiger partial charge in [-0.25, -0.2) is 10.0 Å². The number of thiocarbonyl (C=S) groups is 1. The summed E-state index contributed by atoms with van der Waals surface area (Å²) in [5.41, 5.74) is 0. The van der Waals surface area contributed by atoms with Crippen LogP contribution in [0.5, 0.6) is 0 Å². The zero-order valence-electron chi connectivity index (χ0n) is 13.9. The van der Waals surface area contributed by atoms with Crippen molar-refractivity contribution in [2.45, 2.75) is 12.2 Å². The summed E-state index contributed by atoms with van der Waals surface area (Å²) < 4.78 is 21.2. The molecule has 26 heavy (non-hydrogen) atoms. The smallest absolute Gasteiger partial charge is 0.213 e. The summed E-state index contributed by atoms with van der Waals surface area (Å²) in [6, 6.07) is 7.25. The van der Waals surface area contributed by atoms with Gasteiger partial charge < -0.3 is 18.3 Å². The lowest BCUT2D eigenvalue weighted by Gasteiger charge is -2.26. The first kappa shape index (κ1) is 17.0. The summed E-state index contributed by atoms with van der Waals surface area (Å²) in [7, 11) is 0. The third-order valence-electron chi connectivity index (χ3n) is 3.73. The van der Waals surface area contributed by atoms with Crippen molar-refractivity contribution in [2.24, 2.45) is 10.2 Å². The highest BCUT2D eigenvalue weighted by molar-refractivity contribution is 7.80. The molecule has 8 nitrogen and oxygen atoms in total. The van der Waals surface area contributed by atoms with Gasteiger partial charge in [0.15, 0.2) is 0 Å². The minimum atomic E-state index is 0.120. The molecule has 0 saturated carbocycles. The molecule has 0 N–H and O–H groups in total. The fourth-order valence-electron chi connectivity index (χ4n) is 2.20. The van der Waals surface area contributed by atoms with Crippen molar-refractivity contribution in [3.05, 3.63) is 48.3 Å². The van der Waals surface area contributed by atoms with Gasteiger partial charge in [0.2, 0.25) is 5.11 Å². The Labute approximate surface area is 155 Å². The second-order valence-corrected chi connectivity index (χ2v) is 6.24. The number of epoxide rings is 2. The molecule has 2 aliphatic rings. The van der Waals surface area contributed by atoms with Gasteiger partial charge in [0.25, 0.3) is 0 Å². The Balaban J connectivity index is 1.49. The van der Waals surface area contributed by atoms with E-state index in [2.05, 4.69) is 10.2 Å². The lowest BCUT2D eigenvalue weighted by Crippen LogP contribution is -2.41. The Morgan fingerprint density at radius 3 is 1.77 bits per heavy atom. The quantitative estimate of drug-likeness (QED) is 0.302. The van der Waals surface area contributed by atoms with Gasteiger partial charge in [-0.1, -0.05) is 0 Å². The first-order chi connectivity index (χ1) is 12.8. The Morgan fingerprint density at radius 1 is 0.962 bits per heavy atom. The molecule has 2 unspecified atom stereocenters. The number of hydrogen-bond donors (Lipinski definition) is 0. The molecule has 4 rings (SSSR count). The molecule has 4 heterocycles. The molecule has 136 valence electrons. The minimum Gasteiger partial charge on any atom is -0.463 e. The zero-order valence-corrected chi connectivity index (χ0v) is 14.7. The summed E-state index contributed by atoms with van der Waals surface area (Å²) in [5.74, 6) is 1.29. The normalized spacial score (nSPS) is 21.4. The van der Waals surface area contributed by atoms with Crippen LogP contribution in [0.25, 0.3) is 0 Å². The van der Waals surface area contributed by atoms with E-state index in [9.17, 15) is 0 Å². The fourth-order valence-corrected chi connectivity index (χ4v) is 2.44. The Kier molecular flexibility index (Phi) is 5.09. The monoisotopic (exact) mass is 374 g/mol. The summed E-state index contributed by atoms with van der Waals surface area (Å²) in [5, 5.41) is 12.8. The SMILES string of the molecule is S=C(N(CC1CO1)/N=C/c1ccco1)N(CC1CO1)/N=C/c1ccco1. The van der Waals surface area contributed by atoms with E-state index in [1.807, 2.05) is 12.1 Å². The number of nitrogens with zero attached hydrogens (tertiary/aromatic N) is 4. The van der Waals surface area contributed by atoms with Gasteiger partial charge >= 0.3 is 0 Å². The van der Waals surface area contributed by atoms with Crippen LogP contribution in [-0.4, -0.2) is 66.1 Å². The highest BCUT2D eigenvalue weighted by atomic mass is 32.1. The molecule has 2 aromatic rings. The number of furan rings is 2.